The number of urea groups is 1. The predicted molar refractivity (Wildman–Crippen MR) is 126 cm³/mol. The van der Waals surface area contributed by atoms with Crippen molar-refractivity contribution >= 4 is 40.9 Å². The van der Waals surface area contributed by atoms with Crippen molar-refractivity contribution < 1.29 is 23.9 Å². The minimum atomic E-state index is -1.14. The number of carboxylic acid groups (broad SMARTS) is 1. The van der Waals surface area contributed by atoms with Gasteiger partial charge in [-0.15, -0.1) is 0 Å². The maximum atomic E-state index is 12.7. The zero-order chi connectivity index (χ0) is 24.2. The van der Waals surface area contributed by atoms with Crippen LogP contribution in [0.1, 0.15) is 22.5 Å². The summed E-state index contributed by atoms with van der Waals surface area (Å²) in [5.74, 6) is 1.01. The largest absolute Gasteiger partial charge is 0.465 e. The number of pyridine rings is 1. The quantitative estimate of drug-likeness (QED) is 0.461. The minimum Gasteiger partial charge on any atom is -0.465 e. The van der Waals surface area contributed by atoms with E-state index < -0.39 is 6.09 Å². The standard InChI is InChI=1S/C24H25N5O5/c1-15-18-5-3-4-6-19(18)34-20(15)14-28(2)21(30)8-7-16-11-17-13-29(10-9-25-24(32)33)23(31)27-22(17)26-12-16/h3-8,11-12,25H,9-10,13-14H2,1-2H3,(H,32,33)(H,26,27,31)/b8-7+. The lowest BCUT2D eigenvalue weighted by molar-refractivity contribution is -0.125. The molecule has 0 atom stereocenters. The van der Waals surface area contributed by atoms with E-state index in [0.717, 1.165) is 27.9 Å². The van der Waals surface area contributed by atoms with Gasteiger partial charge in [0, 0.05) is 48.9 Å². The topological polar surface area (TPSA) is 128 Å². The molecule has 0 unspecified atom stereocenters. The highest BCUT2D eigenvalue weighted by molar-refractivity contribution is 5.93. The lowest BCUT2D eigenvalue weighted by atomic mass is 10.1. The van der Waals surface area contributed by atoms with E-state index in [0.29, 0.717) is 17.9 Å². The molecule has 0 saturated carbocycles. The maximum Gasteiger partial charge on any atom is 0.404 e. The van der Waals surface area contributed by atoms with Gasteiger partial charge in [-0.05, 0) is 30.7 Å². The average molecular weight is 463 g/mol. The normalized spacial score (nSPS) is 13.1. The summed E-state index contributed by atoms with van der Waals surface area (Å²) < 4.78 is 5.90. The Morgan fingerprint density at radius 3 is 2.91 bits per heavy atom. The third-order valence-electron chi connectivity index (χ3n) is 5.64. The molecule has 2 aromatic heterocycles. The van der Waals surface area contributed by atoms with Gasteiger partial charge in [0.15, 0.2) is 0 Å². The Hall–Kier alpha value is -4.34. The average Bonchev–Trinajstić information content (AvgIpc) is 3.12. The van der Waals surface area contributed by atoms with E-state index in [4.69, 9.17) is 9.52 Å². The van der Waals surface area contributed by atoms with E-state index >= 15 is 0 Å². The van der Waals surface area contributed by atoms with Gasteiger partial charge in [-0.1, -0.05) is 18.2 Å². The Bertz CT molecular complexity index is 1280. The van der Waals surface area contributed by atoms with Crippen LogP contribution in [0.25, 0.3) is 17.0 Å². The molecule has 4 rings (SSSR count). The summed E-state index contributed by atoms with van der Waals surface area (Å²) in [5, 5.41) is 14.7. The van der Waals surface area contributed by atoms with Gasteiger partial charge in [0.25, 0.3) is 0 Å². The van der Waals surface area contributed by atoms with Gasteiger partial charge in [-0.2, -0.15) is 0 Å². The Kier molecular flexibility index (Phi) is 6.48. The van der Waals surface area contributed by atoms with Crippen LogP contribution in [0, 0.1) is 6.92 Å². The van der Waals surface area contributed by atoms with Gasteiger partial charge in [0.2, 0.25) is 5.91 Å². The number of furan rings is 1. The molecule has 0 fully saturated rings. The molecular weight excluding hydrogens is 438 g/mol. The lowest BCUT2D eigenvalue weighted by Crippen LogP contribution is -2.43. The van der Waals surface area contributed by atoms with Gasteiger partial charge in [-0.25, -0.2) is 14.6 Å². The van der Waals surface area contributed by atoms with Crippen LogP contribution in [0.4, 0.5) is 15.4 Å². The summed E-state index contributed by atoms with van der Waals surface area (Å²) in [6.07, 6.45) is 3.58. The van der Waals surface area contributed by atoms with Gasteiger partial charge in [0.05, 0.1) is 13.1 Å². The van der Waals surface area contributed by atoms with Crippen LogP contribution in [0.15, 0.2) is 47.0 Å². The molecule has 0 radical (unpaired) electrons. The molecule has 4 amide bonds. The number of para-hydroxylation sites is 1. The van der Waals surface area contributed by atoms with Gasteiger partial charge < -0.3 is 24.6 Å². The Balaban J connectivity index is 1.40. The molecule has 10 nitrogen and oxygen atoms in total. The number of rotatable bonds is 7. The fourth-order valence-corrected chi connectivity index (χ4v) is 3.75. The smallest absolute Gasteiger partial charge is 0.404 e. The first-order chi connectivity index (χ1) is 16.3. The number of anilines is 1. The maximum absolute atomic E-state index is 12.7. The highest BCUT2D eigenvalue weighted by atomic mass is 16.4. The molecule has 3 aromatic rings. The highest BCUT2D eigenvalue weighted by Crippen LogP contribution is 2.26. The molecule has 0 aliphatic carbocycles. The lowest BCUT2D eigenvalue weighted by Gasteiger charge is -2.28. The van der Waals surface area contributed by atoms with Crippen LogP contribution >= 0.6 is 0 Å². The Labute approximate surface area is 195 Å². The van der Waals surface area contributed by atoms with Crippen molar-refractivity contribution in [3.05, 3.63) is 65.1 Å². The predicted octanol–water partition coefficient (Wildman–Crippen LogP) is 3.42. The second kappa shape index (κ2) is 9.65. The second-order valence-corrected chi connectivity index (χ2v) is 8.03. The first kappa shape index (κ1) is 22.8. The first-order valence-corrected chi connectivity index (χ1v) is 10.7. The summed E-state index contributed by atoms with van der Waals surface area (Å²) in [6.45, 7) is 2.96. The molecular formula is C24H25N5O5. The second-order valence-electron chi connectivity index (χ2n) is 8.03. The number of amides is 4. The van der Waals surface area contributed by atoms with Crippen molar-refractivity contribution in [3.8, 4) is 0 Å². The first-order valence-electron chi connectivity index (χ1n) is 10.7. The Morgan fingerprint density at radius 1 is 1.35 bits per heavy atom. The van der Waals surface area contributed by atoms with Crippen LogP contribution in [0.2, 0.25) is 0 Å². The van der Waals surface area contributed by atoms with Gasteiger partial charge >= 0.3 is 12.1 Å². The molecule has 1 aromatic carbocycles. The molecule has 0 bridgehead atoms. The summed E-state index contributed by atoms with van der Waals surface area (Å²) in [4.78, 5) is 42.8. The van der Waals surface area contributed by atoms with E-state index in [1.165, 1.54) is 11.0 Å². The zero-order valence-corrected chi connectivity index (χ0v) is 18.9. The number of aryl methyl sites for hydroxylation is 1. The summed E-state index contributed by atoms with van der Waals surface area (Å²) >= 11 is 0. The minimum absolute atomic E-state index is 0.122. The monoisotopic (exact) mass is 463 g/mol. The van der Waals surface area contributed by atoms with E-state index in [9.17, 15) is 14.4 Å². The summed E-state index contributed by atoms with van der Waals surface area (Å²) in [7, 11) is 1.71. The zero-order valence-electron chi connectivity index (χ0n) is 18.9. The fraction of sp³-hybridized carbons (Fsp3) is 0.250. The summed E-state index contributed by atoms with van der Waals surface area (Å²) in [6, 6.07) is 9.27. The molecule has 3 heterocycles. The van der Waals surface area contributed by atoms with Crippen molar-refractivity contribution in [1.82, 2.24) is 20.1 Å². The number of hydrogen-bond donors (Lipinski definition) is 3. The Morgan fingerprint density at radius 2 is 2.15 bits per heavy atom. The summed E-state index contributed by atoms with van der Waals surface area (Å²) in [5.41, 5.74) is 3.30. The number of benzene rings is 1. The van der Waals surface area contributed by atoms with E-state index in [1.807, 2.05) is 37.3 Å². The van der Waals surface area contributed by atoms with Crippen LogP contribution in [-0.2, 0) is 17.9 Å². The molecule has 10 heteroatoms. The van der Waals surface area contributed by atoms with Crippen molar-refractivity contribution in [2.45, 2.75) is 20.0 Å². The number of likely N-dealkylation sites (N-methyl/N-ethyl adjacent to an activating group) is 1. The molecule has 0 saturated heterocycles. The SMILES string of the molecule is Cc1c(CN(C)C(=O)/C=C/c2cnc3c(c2)CN(CCNC(=O)O)C(=O)N3)oc2ccccc12. The van der Waals surface area contributed by atoms with Crippen LogP contribution in [-0.4, -0.2) is 58.1 Å². The number of carbonyl (C=O) groups is 3. The van der Waals surface area contributed by atoms with Crippen LogP contribution in [0.5, 0.6) is 0 Å². The number of aromatic nitrogens is 1. The number of hydrogen-bond acceptors (Lipinski definition) is 5. The van der Waals surface area contributed by atoms with Gasteiger partial charge in [-0.3, -0.25) is 10.1 Å². The van der Waals surface area contributed by atoms with E-state index in [1.54, 1.807) is 24.2 Å². The van der Waals surface area contributed by atoms with Crippen LogP contribution < -0.4 is 10.6 Å². The molecule has 0 spiro atoms. The number of nitrogens with one attached hydrogen (secondary N) is 2. The van der Waals surface area contributed by atoms with Gasteiger partial charge in [0.1, 0.15) is 17.2 Å². The molecule has 1 aliphatic heterocycles. The third-order valence-corrected chi connectivity index (χ3v) is 5.64. The molecule has 3 N–H and O–H groups in total. The van der Waals surface area contributed by atoms with Crippen molar-refractivity contribution in [3.63, 3.8) is 0 Å². The van der Waals surface area contributed by atoms with E-state index in [-0.39, 0.29) is 31.6 Å². The molecule has 34 heavy (non-hydrogen) atoms. The molecule has 176 valence electrons. The third kappa shape index (κ3) is 5.01. The van der Waals surface area contributed by atoms with Crippen molar-refractivity contribution in [2.24, 2.45) is 0 Å². The van der Waals surface area contributed by atoms with E-state index in [2.05, 4.69) is 15.6 Å². The number of carbonyl (C=O) groups excluding carboxylic acids is 2. The number of nitrogens with zero attached hydrogens (tertiary/aromatic N) is 3. The van der Waals surface area contributed by atoms with Crippen LogP contribution in [0.3, 0.4) is 0 Å². The molecule has 1 aliphatic rings. The highest BCUT2D eigenvalue weighted by Gasteiger charge is 2.23. The van der Waals surface area contributed by atoms with Crippen molar-refractivity contribution in [2.75, 3.05) is 25.5 Å². The fourth-order valence-electron chi connectivity index (χ4n) is 3.75. The number of fused-ring (bicyclic) bond motifs is 2. The van der Waals surface area contributed by atoms with Crippen molar-refractivity contribution in [1.29, 1.82) is 0 Å².